The molecule has 1 heterocycles. The summed E-state index contributed by atoms with van der Waals surface area (Å²) in [5.74, 6) is 1.78. The van der Waals surface area contributed by atoms with E-state index in [2.05, 4.69) is 12.2 Å². The number of rotatable bonds is 3. The summed E-state index contributed by atoms with van der Waals surface area (Å²) in [6.07, 6.45) is 8.67. The van der Waals surface area contributed by atoms with Gasteiger partial charge in [-0.25, -0.2) is 4.79 Å². The molecule has 0 aromatic rings. The van der Waals surface area contributed by atoms with Crippen LogP contribution in [0.4, 0.5) is 4.79 Å². The molecule has 0 aromatic heterocycles. The van der Waals surface area contributed by atoms with E-state index in [1.54, 1.807) is 0 Å². The average molecular weight is 325 g/mol. The number of likely N-dealkylation sites (tertiary alicyclic amines) is 1. The third-order valence-corrected chi connectivity index (χ3v) is 5.21. The maximum Gasteiger partial charge on any atom is 0.410 e. The van der Waals surface area contributed by atoms with Crippen molar-refractivity contribution in [2.75, 3.05) is 19.6 Å². The highest BCUT2D eigenvalue weighted by molar-refractivity contribution is 5.68. The zero-order chi connectivity index (χ0) is 16.9. The van der Waals surface area contributed by atoms with Crippen molar-refractivity contribution in [1.29, 1.82) is 0 Å². The highest BCUT2D eigenvalue weighted by Crippen LogP contribution is 2.28. The second kappa shape index (κ2) is 8.36. The first-order valence-corrected chi connectivity index (χ1v) is 9.55. The van der Waals surface area contributed by atoms with E-state index in [0.29, 0.717) is 6.04 Å². The van der Waals surface area contributed by atoms with Gasteiger partial charge in [-0.15, -0.1) is 0 Å². The molecule has 4 nitrogen and oxygen atoms in total. The van der Waals surface area contributed by atoms with Crippen molar-refractivity contribution in [3.8, 4) is 0 Å². The molecule has 4 heteroatoms. The summed E-state index contributed by atoms with van der Waals surface area (Å²) >= 11 is 0. The Morgan fingerprint density at radius 2 is 1.78 bits per heavy atom. The van der Waals surface area contributed by atoms with Crippen LogP contribution in [0.15, 0.2) is 0 Å². The van der Waals surface area contributed by atoms with Gasteiger partial charge in [0.05, 0.1) is 0 Å². The fraction of sp³-hybridized carbons (Fsp3) is 0.947. The first-order chi connectivity index (χ1) is 10.8. The molecule has 1 unspecified atom stereocenters. The Morgan fingerprint density at radius 1 is 1.09 bits per heavy atom. The number of nitrogens with zero attached hydrogens (tertiary/aromatic N) is 1. The van der Waals surface area contributed by atoms with Gasteiger partial charge in [0, 0.05) is 19.1 Å². The van der Waals surface area contributed by atoms with E-state index in [1.807, 2.05) is 25.7 Å². The highest BCUT2D eigenvalue weighted by atomic mass is 16.6. The summed E-state index contributed by atoms with van der Waals surface area (Å²) in [6, 6.07) is 0.557. The van der Waals surface area contributed by atoms with Crippen LogP contribution in [0.25, 0.3) is 0 Å². The van der Waals surface area contributed by atoms with Gasteiger partial charge in [0.1, 0.15) is 5.60 Å². The molecule has 0 spiro atoms. The predicted molar refractivity (Wildman–Crippen MR) is 94.6 cm³/mol. The quantitative estimate of drug-likeness (QED) is 0.846. The number of carbonyl (C=O) groups excluding carboxylic acids is 1. The number of carbonyl (C=O) groups is 1. The number of hydrogen-bond donors (Lipinski definition) is 1. The topological polar surface area (TPSA) is 41.6 Å². The van der Waals surface area contributed by atoms with Crippen LogP contribution in [0.2, 0.25) is 0 Å². The van der Waals surface area contributed by atoms with E-state index >= 15 is 0 Å². The number of amides is 1. The Kier molecular flexibility index (Phi) is 6.75. The second-order valence-electron chi connectivity index (χ2n) is 8.63. The van der Waals surface area contributed by atoms with Crippen molar-refractivity contribution in [2.24, 2.45) is 11.8 Å². The van der Waals surface area contributed by atoms with Crippen LogP contribution < -0.4 is 5.32 Å². The molecule has 2 rings (SSSR count). The molecule has 23 heavy (non-hydrogen) atoms. The molecule has 2 aliphatic rings. The third-order valence-electron chi connectivity index (χ3n) is 5.21. The summed E-state index contributed by atoms with van der Waals surface area (Å²) in [7, 11) is 0. The molecule has 1 aliphatic heterocycles. The number of ether oxygens (including phenoxy) is 1. The first kappa shape index (κ1) is 18.6. The van der Waals surface area contributed by atoms with Crippen LogP contribution >= 0.6 is 0 Å². The van der Waals surface area contributed by atoms with Crippen LogP contribution in [-0.2, 0) is 4.74 Å². The minimum Gasteiger partial charge on any atom is -0.444 e. The molecule has 1 atom stereocenters. The van der Waals surface area contributed by atoms with Crippen molar-refractivity contribution in [2.45, 2.75) is 84.3 Å². The van der Waals surface area contributed by atoms with E-state index in [4.69, 9.17) is 4.74 Å². The van der Waals surface area contributed by atoms with Crippen LogP contribution in [0, 0.1) is 11.8 Å². The molecule has 0 radical (unpaired) electrons. The van der Waals surface area contributed by atoms with E-state index in [9.17, 15) is 4.79 Å². The lowest BCUT2D eigenvalue weighted by Gasteiger charge is -2.28. The summed E-state index contributed by atoms with van der Waals surface area (Å²) < 4.78 is 5.50. The molecule has 1 saturated heterocycles. The van der Waals surface area contributed by atoms with Gasteiger partial charge < -0.3 is 15.0 Å². The molecule has 2 fully saturated rings. The van der Waals surface area contributed by atoms with Crippen molar-refractivity contribution in [3.63, 3.8) is 0 Å². The monoisotopic (exact) mass is 324 g/mol. The van der Waals surface area contributed by atoms with Gasteiger partial charge >= 0.3 is 6.09 Å². The molecule has 1 aliphatic carbocycles. The zero-order valence-corrected chi connectivity index (χ0v) is 15.6. The van der Waals surface area contributed by atoms with Gasteiger partial charge in [0.25, 0.3) is 0 Å². The zero-order valence-electron chi connectivity index (χ0n) is 15.6. The summed E-state index contributed by atoms with van der Waals surface area (Å²) in [6.45, 7) is 11.0. The predicted octanol–water partition coefficient (Wildman–Crippen LogP) is 4.19. The Hall–Kier alpha value is -0.770. The van der Waals surface area contributed by atoms with Crippen molar-refractivity contribution >= 4 is 6.09 Å². The minimum absolute atomic E-state index is 0.153. The van der Waals surface area contributed by atoms with Crippen molar-refractivity contribution in [1.82, 2.24) is 10.2 Å². The molecule has 134 valence electrons. The fourth-order valence-corrected chi connectivity index (χ4v) is 3.68. The second-order valence-corrected chi connectivity index (χ2v) is 8.63. The van der Waals surface area contributed by atoms with Gasteiger partial charge in [-0.05, 0) is 71.3 Å². The molecule has 1 saturated carbocycles. The van der Waals surface area contributed by atoms with Crippen LogP contribution in [-0.4, -0.2) is 42.3 Å². The van der Waals surface area contributed by atoms with Crippen molar-refractivity contribution in [3.05, 3.63) is 0 Å². The average Bonchev–Trinajstić information content (AvgIpc) is 2.70. The van der Waals surface area contributed by atoms with Gasteiger partial charge in [0.15, 0.2) is 0 Å². The Labute approximate surface area is 142 Å². The molecule has 0 aromatic carbocycles. The summed E-state index contributed by atoms with van der Waals surface area (Å²) in [5.41, 5.74) is -0.404. The Morgan fingerprint density at radius 3 is 2.43 bits per heavy atom. The largest absolute Gasteiger partial charge is 0.444 e. The lowest BCUT2D eigenvalue weighted by Crippen LogP contribution is -2.38. The van der Waals surface area contributed by atoms with Gasteiger partial charge in [-0.3, -0.25) is 0 Å². The molecular formula is C19H36N2O2. The first-order valence-electron chi connectivity index (χ1n) is 9.55. The molecule has 1 N–H and O–H groups in total. The summed E-state index contributed by atoms with van der Waals surface area (Å²) in [4.78, 5) is 14.1. The SMILES string of the molecule is CC1CCC(CNC2CCCN(C(=O)OC(C)(C)C)CC2)CC1. The molecular weight excluding hydrogens is 288 g/mol. The minimum atomic E-state index is -0.404. The van der Waals surface area contributed by atoms with E-state index < -0.39 is 5.60 Å². The fourth-order valence-electron chi connectivity index (χ4n) is 3.68. The van der Waals surface area contributed by atoms with Gasteiger partial charge in [-0.2, -0.15) is 0 Å². The highest BCUT2D eigenvalue weighted by Gasteiger charge is 2.25. The van der Waals surface area contributed by atoms with Crippen LogP contribution in [0.3, 0.4) is 0 Å². The molecule has 0 bridgehead atoms. The number of nitrogens with one attached hydrogen (secondary N) is 1. The van der Waals surface area contributed by atoms with E-state index in [1.165, 1.54) is 32.1 Å². The van der Waals surface area contributed by atoms with Crippen LogP contribution in [0.5, 0.6) is 0 Å². The summed E-state index contributed by atoms with van der Waals surface area (Å²) in [5, 5.41) is 3.78. The normalized spacial score (nSPS) is 29.9. The van der Waals surface area contributed by atoms with Gasteiger partial charge in [-0.1, -0.05) is 19.8 Å². The molecule has 1 amide bonds. The maximum atomic E-state index is 12.2. The maximum absolute atomic E-state index is 12.2. The lowest BCUT2D eigenvalue weighted by molar-refractivity contribution is 0.0256. The van der Waals surface area contributed by atoms with Crippen LogP contribution in [0.1, 0.15) is 72.6 Å². The Bertz CT molecular complexity index is 370. The van der Waals surface area contributed by atoms with E-state index in [-0.39, 0.29) is 6.09 Å². The third kappa shape index (κ3) is 6.70. The lowest BCUT2D eigenvalue weighted by atomic mass is 9.83. The van der Waals surface area contributed by atoms with Crippen molar-refractivity contribution < 1.29 is 9.53 Å². The smallest absolute Gasteiger partial charge is 0.410 e. The standard InChI is InChI=1S/C19H36N2O2/c1-15-7-9-16(10-8-15)14-20-17-6-5-12-21(13-11-17)18(22)23-19(2,3)4/h15-17,20H,5-14H2,1-4H3. The van der Waals surface area contributed by atoms with Gasteiger partial charge in [0.2, 0.25) is 0 Å². The van der Waals surface area contributed by atoms with E-state index in [0.717, 1.165) is 44.3 Å². The number of hydrogen-bond acceptors (Lipinski definition) is 3. The Balaban J connectivity index is 1.70.